The van der Waals surface area contributed by atoms with Crippen molar-refractivity contribution in [3.63, 3.8) is 0 Å². The molecule has 100 valence electrons. The third-order valence-electron chi connectivity index (χ3n) is 2.79. The van der Waals surface area contributed by atoms with E-state index in [-0.39, 0.29) is 5.52 Å². The van der Waals surface area contributed by atoms with Gasteiger partial charge in [-0.15, -0.1) is 11.3 Å². The van der Waals surface area contributed by atoms with Crippen molar-refractivity contribution in [3.05, 3.63) is 59.1 Å². The van der Waals surface area contributed by atoms with Gasteiger partial charge in [0.1, 0.15) is 11.2 Å². The Bertz CT molecular complexity index is 786. The number of fused-ring (bicyclic) bond motifs is 1. The third kappa shape index (κ3) is 2.14. The number of nitrogens with one attached hydrogen (secondary N) is 1. The summed E-state index contributed by atoms with van der Waals surface area (Å²) in [7, 11) is 0. The van der Waals surface area contributed by atoms with Crippen molar-refractivity contribution < 1.29 is 13.6 Å². The maximum absolute atomic E-state index is 14.1. The molecule has 0 aliphatic heterocycles. The fourth-order valence-electron chi connectivity index (χ4n) is 1.82. The quantitative estimate of drug-likeness (QED) is 0.779. The summed E-state index contributed by atoms with van der Waals surface area (Å²) in [6.45, 7) is 0. The van der Waals surface area contributed by atoms with Crippen LogP contribution in [-0.2, 0) is 0 Å². The Labute approximate surface area is 116 Å². The van der Waals surface area contributed by atoms with Gasteiger partial charge in [-0.25, -0.2) is 13.8 Å². The van der Waals surface area contributed by atoms with E-state index < -0.39 is 23.2 Å². The molecule has 20 heavy (non-hydrogen) atoms. The van der Waals surface area contributed by atoms with Crippen LogP contribution in [0.3, 0.4) is 0 Å². The Morgan fingerprint density at radius 3 is 2.70 bits per heavy atom. The highest BCUT2D eigenvalue weighted by Gasteiger charge is 2.18. The Hall–Kier alpha value is -2.34. The number of halogens is 2. The number of rotatable bonds is 2. The number of thiazole rings is 1. The molecule has 3 nitrogen and oxygen atoms in total. The highest BCUT2D eigenvalue weighted by molar-refractivity contribution is 7.16. The van der Waals surface area contributed by atoms with E-state index in [0.717, 1.165) is 17.4 Å². The number of amides is 1. The van der Waals surface area contributed by atoms with E-state index in [1.54, 1.807) is 30.3 Å². The first-order valence-electron chi connectivity index (χ1n) is 5.74. The van der Waals surface area contributed by atoms with Gasteiger partial charge in [0, 0.05) is 5.56 Å². The van der Waals surface area contributed by atoms with Gasteiger partial charge in [0.25, 0.3) is 5.91 Å². The fraction of sp³-hybridized carbons (Fsp3) is 0. The number of anilines is 1. The zero-order valence-electron chi connectivity index (χ0n) is 10.1. The molecule has 3 aromatic rings. The second-order valence-corrected chi connectivity index (χ2v) is 4.95. The smallest absolute Gasteiger partial charge is 0.255 e. The summed E-state index contributed by atoms with van der Waals surface area (Å²) in [5.74, 6) is -2.24. The molecule has 0 radical (unpaired) electrons. The number of aromatic nitrogens is 1. The van der Waals surface area contributed by atoms with E-state index in [4.69, 9.17) is 0 Å². The van der Waals surface area contributed by atoms with Crippen LogP contribution in [0, 0.1) is 11.6 Å². The van der Waals surface area contributed by atoms with Crippen LogP contribution in [0.5, 0.6) is 0 Å². The number of carbonyl (C=O) groups excluding carboxylic acids is 1. The van der Waals surface area contributed by atoms with Crippen LogP contribution >= 0.6 is 11.3 Å². The average Bonchev–Trinajstić information content (AvgIpc) is 2.92. The predicted octanol–water partition coefficient (Wildman–Crippen LogP) is 3.83. The van der Waals surface area contributed by atoms with Crippen LogP contribution in [0.2, 0.25) is 0 Å². The predicted molar refractivity (Wildman–Crippen MR) is 73.9 cm³/mol. The molecule has 2 aromatic carbocycles. The highest BCUT2D eigenvalue weighted by atomic mass is 32.1. The van der Waals surface area contributed by atoms with Gasteiger partial charge in [-0.3, -0.25) is 4.79 Å². The molecule has 0 fully saturated rings. The lowest BCUT2D eigenvalue weighted by Crippen LogP contribution is -2.14. The van der Waals surface area contributed by atoms with Gasteiger partial charge >= 0.3 is 0 Å². The van der Waals surface area contributed by atoms with Crippen LogP contribution < -0.4 is 5.32 Å². The first-order chi connectivity index (χ1) is 9.66. The number of nitrogens with zero attached hydrogens (tertiary/aromatic N) is 1. The Kier molecular flexibility index (Phi) is 3.15. The molecular formula is C14H8F2N2OS. The van der Waals surface area contributed by atoms with E-state index in [1.807, 2.05) is 0 Å². The molecule has 0 saturated heterocycles. The molecule has 0 bridgehead atoms. The number of hydrogen-bond donors (Lipinski definition) is 1. The first-order valence-corrected chi connectivity index (χ1v) is 6.62. The van der Waals surface area contributed by atoms with Crippen molar-refractivity contribution in [3.8, 4) is 0 Å². The maximum atomic E-state index is 14.1. The van der Waals surface area contributed by atoms with E-state index in [0.29, 0.717) is 10.3 Å². The van der Waals surface area contributed by atoms with Crippen LogP contribution in [0.15, 0.2) is 41.9 Å². The average molecular weight is 290 g/mol. The minimum absolute atomic E-state index is 0.0553. The van der Waals surface area contributed by atoms with Crippen molar-refractivity contribution in [1.82, 2.24) is 4.98 Å². The summed E-state index contributed by atoms with van der Waals surface area (Å²) < 4.78 is 28.4. The molecule has 0 aliphatic carbocycles. The minimum Gasteiger partial charge on any atom is -0.317 e. The number of benzene rings is 2. The Balaban J connectivity index is 2.00. The molecule has 6 heteroatoms. The molecule has 1 amide bonds. The second kappa shape index (κ2) is 4.97. The Morgan fingerprint density at radius 2 is 1.95 bits per heavy atom. The van der Waals surface area contributed by atoms with E-state index in [2.05, 4.69) is 10.3 Å². The third-order valence-corrected chi connectivity index (χ3v) is 3.57. The van der Waals surface area contributed by atoms with E-state index in [9.17, 15) is 13.6 Å². The summed E-state index contributed by atoms with van der Waals surface area (Å²) in [6, 6.07) is 9.38. The van der Waals surface area contributed by atoms with Gasteiger partial charge in [0.05, 0.1) is 10.2 Å². The molecule has 1 heterocycles. The molecule has 3 rings (SSSR count). The SMILES string of the molecule is O=C(Nc1c(F)cc2scnc2c1F)c1ccccc1. The normalized spacial score (nSPS) is 10.7. The molecule has 1 aromatic heterocycles. The number of hydrogen-bond acceptors (Lipinski definition) is 3. The largest absolute Gasteiger partial charge is 0.317 e. The van der Waals surface area contributed by atoms with Crippen LogP contribution in [0.1, 0.15) is 10.4 Å². The van der Waals surface area contributed by atoms with Crippen LogP contribution in [-0.4, -0.2) is 10.9 Å². The van der Waals surface area contributed by atoms with Gasteiger partial charge in [-0.05, 0) is 18.2 Å². The topological polar surface area (TPSA) is 42.0 Å². The Morgan fingerprint density at radius 1 is 1.20 bits per heavy atom. The monoisotopic (exact) mass is 290 g/mol. The lowest BCUT2D eigenvalue weighted by atomic mass is 10.2. The molecule has 0 saturated carbocycles. The zero-order valence-corrected chi connectivity index (χ0v) is 10.9. The lowest BCUT2D eigenvalue weighted by Gasteiger charge is -2.08. The van der Waals surface area contributed by atoms with Crippen LogP contribution in [0.25, 0.3) is 10.2 Å². The molecule has 0 spiro atoms. The molecule has 0 aliphatic rings. The first kappa shape index (κ1) is 12.7. The molecule has 0 atom stereocenters. The zero-order chi connectivity index (χ0) is 14.1. The van der Waals surface area contributed by atoms with Gasteiger partial charge < -0.3 is 5.32 Å². The molecular weight excluding hydrogens is 282 g/mol. The van der Waals surface area contributed by atoms with E-state index in [1.165, 1.54) is 5.51 Å². The summed E-state index contributed by atoms with van der Waals surface area (Å²) in [5, 5.41) is 2.25. The minimum atomic E-state index is -0.856. The van der Waals surface area contributed by atoms with Crippen molar-refractivity contribution in [2.75, 3.05) is 5.32 Å². The lowest BCUT2D eigenvalue weighted by molar-refractivity contribution is 0.102. The summed E-state index contributed by atoms with van der Waals surface area (Å²) >= 11 is 1.14. The van der Waals surface area contributed by atoms with Gasteiger partial charge in [0.15, 0.2) is 11.6 Å². The van der Waals surface area contributed by atoms with Gasteiger partial charge in [0.2, 0.25) is 0 Å². The highest BCUT2D eigenvalue weighted by Crippen LogP contribution is 2.29. The summed E-state index contributed by atoms with van der Waals surface area (Å²) in [5.41, 5.74) is 1.33. The maximum Gasteiger partial charge on any atom is 0.255 e. The van der Waals surface area contributed by atoms with E-state index >= 15 is 0 Å². The molecule has 0 unspecified atom stereocenters. The fourth-order valence-corrected chi connectivity index (χ4v) is 2.52. The summed E-state index contributed by atoms with van der Waals surface area (Å²) in [4.78, 5) is 15.8. The van der Waals surface area contributed by atoms with Crippen molar-refractivity contribution in [1.29, 1.82) is 0 Å². The molecule has 1 N–H and O–H groups in total. The standard InChI is InChI=1S/C14H8F2N2OS/c15-9-6-10-13(17-7-20-10)11(16)12(9)18-14(19)8-4-2-1-3-5-8/h1-7H,(H,18,19). The van der Waals surface area contributed by atoms with Gasteiger partial charge in [-0.2, -0.15) is 0 Å². The number of carbonyl (C=O) groups is 1. The summed E-state index contributed by atoms with van der Waals surface area (Å²) in [6.07, 6.45) is 0. The van der Waals surface area contributed by atoms with Crippen molar-refractivity contribution in [2.45, 2.75) is 0 Å². The second-order valence-electron chi connectivity index (χ2n) is 4.07. The van der Waals surface area contributed by atoms with Gasteiger partial charge in [-0.1, -0.05) is 18.2 Å². The van der Waals surface area contributed by atoms with Crippen molar-refractivity contribution >= 4 is 33.1 Å². The van der Waals surface area contributed by atoms with Crippen LogP contribution in [0.4, 0.5) is 14.5 Å². The van der Waals surface area contributed by atoms with Crippen molar-refractivity contribution in [2.24, 2.45) is 0 Å².